The summed E-state index contributed by atoms with van der Waals surface area (Å²) in [5.74, 6) is -0.497. The Balaban J connectivity index is 1.87. The van der Waals surface area contributed by atoms with Gasteiger partial charge in [0.15, 0.2) is 0 Å². The molecule has 0 unspecified atom stereocenters. The molecular weight excluding hydrogens is 413 g/mol. The van der Waals surface area contributed by atoms with Crippen LogP contribution in [0.3, 0.4) is 0 Å². The molecule has 2 amide bonds. The smallest absolute Gasteiger partial charge is 0.329 e. The lowest BCUT2D eigenvalue weighted by Gasteiger charge is -2.42. The van der Waals surface area contributed by atoms with Gasteiger partial charge in [0.25, 0.3) is 5.91 Å². The second-order valence-electron chi connectivity index (χ2n) is 7.73. The minimum Gasteiger partial charge on any atom is -0.329 e. The van der Waals surface area contributed by atoms with E-state index in [2.05, 4.69) is 5.32 Å². The van der Waals surface area contributed by atoms with Crippen LogP contribution in [0.1, 0.15) is 54.1 Å². The Bertz CT molecular complexity index is 1020. The third kappa shape index (κ3) is 4.01. The topological polar surface area (TPSA) is 49.4 Å². The number of carbonyl (C=O) groups excluding carboxylic acids is 2. The van der Waals surface area contributed by atoms with Crippen molar-refractivity contribution in [3.05, 3.63) is 62.9 Å². The van der Waals surface area contributed by atoms with E-state index in [0.29, 0.717) is 24.1 Å². The van der Waals surface area contributed by atoms with Crippen molar-refractivity contribution >= 4 is 28.8 Å². The molecule has 30 heavy (non-hydrogen) atoms. The van der Waals surface area contributed by atoms with Crippen molar-refractivity contribution in [1.29, 1.82) is 0 Å². The predicted octanol–water partition coefficient (Wildman–Crippen LogP) is 5.61. The summed E-state index contributed by atoms with van der Waals surface area (Å²) < 4.78 is 38.8. The first kappa shape index (κ1) is 22.1. The van der Waals surface area contributed by atoms with Gasteiger partial charge >= 0.3 is 6.18 Å². The molecule has 1 aliphatic heterocycles. The molecule has 1 N–H and O–H groups in total. The summed E-state index contributed by atoms with van der Waals surface area (Å²) in [7, 11) is 0. The normalized spacial score (nSPS) is 16.2. The van der Waals surface area contributed by atoms with E-state index in [4.69, 9.17) is 0 Å². The molecule has 0 aliphatic carbocycles. The summed E-state index contributed by atoms with van der Waals surface area (Å²) in [6.45, 7) is 7.94. The number of alkyl halides is 3. The summed E-state index contributed by atoms with van der Waals surface area (Å²) in [6, 6.07) is 4.57. The van der Waals surface area contributed by atoms with Crippen molar-refractivity contribution in [2.24, 2.45) is 0 Å². The van der Waals surface area contributed by atoms with Gasteiger partial charge < -0.3 is 10.2 Å². The fraction of sp³-hybridized carbons (Fsp3) is 0.364. The molecule has 0 fully saturated rings. The van der Waals surface area contributed by atoms with Crippen LogP contribution in [0.15, 0.2) is 41.3 Å². The number of thiophene rings is 1. The SMILES string of the molecule is C/C=C(\C)C(=O)N1CCc2c(C(=O)Nc3cccc(C(F)(F)F)c3)csc2C1(C)C. The molecule has 1 aliphatic rings. The fourth-order valence-corrected chi connectivity index (χ4v) is 4.86. The van der Waals surface area contributed by atoms with Crippen LogP contribution < -0.4 is 5.32 Å². The monoisotopic (exact) mass is 436 g/mol. The first-order valence-corrected chi connectivity index (χ1v) is 10.4. The molecule has 3 rings (SSSR count). The molecule has 0 saturated carbocycles. The summed E-state index contributed by atoms with van der Waals surface area (Å²) >= 11 is 1.39. The van der Waals surface area contributed by atoms with E-state index >= 15 is 0 Å². The van der Waals surface area contributed by atoms with Crippen molar-refractivity contribution in [1.82, 2.24) is 4.90 Å². The molecule has 8 heteroatoms. The van der Waals surface area contributed by atoms with Gasteiger partial charge in [-0.05, 0) is 57.9 Å². The van der Waals surface area contributed by atoms with E-state index in [1.807, 2.05) is 20.8 Å². The summed E-state index contributed by atoms with van der Waals surface area (Å²) in [5, 5.41) is 4.29. The van der Waals surface area contributed by atoms with Crippen molar-refractivity contribution in [2.75, 3.05) is 11.9 Å². The third-order valence-corrected chi connectivity index (χ3v) is 6.75. The zero-order valence-electron chi connectivity index (χ0n) is 17.2. The maximum atomic E-state index is 12.9. The lowest BCUT2D eigenvalue weighted by molar-refractivity contribution is -0.137. The number of nitrogens with zero attached hydrogens (tertiary/aromatic N) is 1. The van der Waals surface area contributed by atoms with E-state index in [1.54, 1.807) is 23.3 Å². The molecular formula is C22H23F3N2O2S. The lowest BCUT2D eigenvalue weighted by atomic mass is 9.88. The van der Waals surface area contributed by atoms with Crippen LogP contribution in [0.2, 0.25) is 0 Å². The summed E-state index contributed by atoms with van der Waals surface area (Å²) in [6.07, 6.45) is -2.19. The number of amides is 2. The molecule has 2 heterocycles. The largest absolute Gasteiger partial charge is 0.416 e. The van der Waals surface area contributed by atoms with Crippen LogP contribution in [0.4, 0.5) is 18.9 Å². The van der Waals surface area contributed by atoms with Crippen molar-refractivity contribution < 1.29 is 22.8 Å². The molecule has 4 nitrogen and oxygen atoms in total. The Morgan fingerprint density at radius 3 is 2.60 bits per heavy atom. The minimum absolute atomic E-state index is 0.0449. The number of benzene rings is 1. The minimum atomic E-state index is -4.48. The van der Waals surface area contributed by atoms with E-state index in [0.717, 1.165) is 22.6 Å². The quantitative estimate of drug-likeness (QED) is 0.637. The first-order valence-electron chi connectivity index (χ1n) is 9.51. The summed E-state index contributed by atoms with van der Waals surface area (Å²) in [5.41, 5.74) is 0.624. The Labute approximate surface area is 177 Å². The Morgan fingerprint density at radius 1 is 1.27 bits per heavy atom. The van der Waals surface area contributed by atoms with Gasteiger partial charge in [-0.25, -0.2) is 0 Å². The lowest BCUT2D eigenvalue weighted by Crippen LogP contribution is -2.49. The number of halogens is 3. The van der Waals surface area contributed by atoms with Gasteiger partial charge in [0.2, 0.25) is 5.91 Å². The molecule has 0 bridgehead atoms. The van der Waals surface area contributed by atoms with Gasteiger partial charge in [-0.3, -0.25) is 9.59 Å². The Kier molecular flexibility index (Phi) is 5.82. The van der Waals surface area contributed by atoms with Crippen molar-refractivity contribution in [2.45, 2.75) is 45.8 Å². The van der Waals surface area contributed by atoms with Crippen LogP contribution in [-0.4, -0.2) is 23.3 Å². The number of hydrogen-bond acceptors (Lipinski definition) is 3. The molecule has 0 spiro atoms. The van der Waals surface area contributed by atoms with Crippen molar-refractivity contribution in [3.63, 3.8) is 0 Å². The number of rotatable bonds is 3. The van der Waals surface area contributed by atoms with E-state index < -0.39 is 23.2 Å². The summed E-state index contributed by atoms with van der Waals surface area (Å²) in [4.78, 5) is 28.3. The van der Waals surface area contributed by atoms with Gasteiger partial charge in [-0.2, -0.15) is 13.2 Å². The predicted molar refractivity (Wildman–Crippen MR) is 112 cm³/mol. The highest BCUT2D eigenvalue weighted by Crippen LogP contribution is 2.41. The van der Waals surface area contributed by atoms with Crippen LogP contribution in [0.25, 0.3) is 0 Å². The maximum Gasteiger partial charge on any atom is 0.416 e. The van der Waals surface area contributed by atoms with Gasteiger partial charge in [-0.15, -0.1) is 11.3 Å². The van der Waals surface area contributed by atoms with Crippen LogP contribution >= 0.6 is 11.3 Å². The molecule has 1 aromatic heterocycles. The second kappa shape index (κ2) is 7.91. The number of nitrogens with one attached hydrogen (secondary N) is 1. The van der Waals surface area contributed by atoms with Gasteiger partial charge in [-0.1, -0.05) is 12.1 Å². The van der Waals surface area contributed by atoms with Gasteiger partial charge in [0.1, 0.15) is 0 Å². The number of hydrogen-bond donors (Lipinski definition) is 1. The van der Waals surface area contributed by atoms with Crippen LogP contribution in [-0.2, 0) is 22.9 Å². The highest BCUT2D eigenvalue weighted by molar-refractivity contribution is 7.10. The third-order valence-electron chi connectivity index (χ3n) is 5.42. The van der Waals surface area contributed by atoms with E-state index in [1.165, 1.54) is 23.5 Å². The van der Waals surface area contributed by atoms with Crippen molar-refractivity contribution in [3.8, 4) is 0 Å². The zero-order valence-corrected chi connectivity index (χ0v) is 18.0. The van der Waals surface area contributed by atoms with E-state index in [-0.39, 0.29) is 11.6 Å². The molecule has 0 atom stereocenters. The average molecular weight is 436 g/mol. The van der Waals surface area contributed by atoms with Crippen LogP contribution in [0, 0.1) is 0 Å². The zero-order chi connectivity index (χ0) is 22.3. The maximum absolute atomic E-state index is 12.9. The molecule has 160 valence electrons. The fourth-order valence-electron chi connectivity index (χ4n) is 3.62. The van der Waals surface area contributed by atoms with Crippen LogP contribution in [0.5, 0.6) is 0 Å². The first-order chi connectivity index (χ1) is 14.0. The number of anilines is 1. The second-order valence-corrected chi connectivity index (χ2v) is 8.61. The Hall–Kier alpha value is -2.61. The number of carbonyl (C=O) groups is 2. The standard InChI is InChI=1S/C22H23F3N2O2S/c1-5-13(2)20(29)27-10-9-16-17(12-30-18(16)21(27,3)4)19(28)26-15-8-6-7-14(11-15)22(23,24)25/h5-8,11-12H,9-10H2,1-4H3,(H,26,28)/b13-5+. The average Bonchev–Trinajstić information content (AvgIpc) is 3.12. The van der Waals surface area contributed by atoms with Gasteiger partial charge in [0, 0.05) is 28.1 Å². The number of allylic oxidation sites excluding steroid dienone is 1. The molecule has 2 aromatic rings. The molecule has 1 aromatic carbocycles. The van der Waals surface area contributed by atoms with E-state index in [9.17, 15) is 22.8 Å². The number of fused-ring (bicyclic) bond motifs is 1. The highest BCUT2D eigenvalue weighted by Gasteiger charge is 2.40. The Morgan fingerprint density at radius 2 is 1.97 bits per heavy atom. The molecule has 0 radical (unpaired) electrons. The highest BCUT2D eigenvalue weighted by atomic mass is 32.1. The molecule has 0 saturated heterocycles. The van der Waals surface area contributed by atoms with Gasteiger partial charge in [0.05, 0.1) is 16.7 Å².